The average Bonchev–Trinajstić information content (AvgIpc) is 2.48. The first-order valence-electron chi connectivity index (χ1n) is 3.50. The van der Waals surface area contributed by atoms with Gasteiger partial charge in [0.25, 0.3) is 5.56 Å². The Hall–Kier alpha value is -1.50. The standard InChI is InChI=1S/C6H7N5OS/c1-13-6-8-3(7)2-4(9-6)10-11-5(2)12/h1H3,(H4,7,8,9,10,11,12). The first-order valence-corrected chi connectivity index (χ1v) is 4.72. The Morgan fingerprint density at radius 1 is 1.38 bits per heavy atom. The first kappa shape index (κ1) is 8.11. The van der Waals surface area contributed by atoms with Crippen LogP contribution in [0.3, 0.4) is 0 Å². The smallest absolute Gasteiger partial charge is 0.277 e. The summed E-state index contributed by atoms with van der Waals surface area (Å²) in [6.45, 7) is 0. The summed E-state index contributed by atoms with van der Waals surface area (Å²) in [6, 6.07) is 0. The van der Waals surface area contributed by atoms with Crippen molar-refractivity contribution in [1.29, 1.82) is 0 Å². The van der Waals surface area contributed by atoms with Crippen molar-refractivity contribution in [1.82, 2.24) is 20.2 Å². The number of hydrogen-bond donors (Lipinski definition) is 3. The van der Waals surface area contributed by atoms with Gasteiger partial charge in [-0.25, -0.2) is 9.97 Å². The maximum atomic E-state index is 11.1. The number of hydrogen-bond acceptors (Lipinski definition) is 5. The van der Waals surface area contributed by atoms with Gasteiger partial charge in [-0.15, -0.1) is 0 Å². The second-order valence-corrected chi connectivity index (χ2v) is 3.17. The second-order valence-electron chi connectivity index (χ2n) is 2.40. The molecule has 2 rings (SSSR count). The van der Waals surface area contributed by atoms with Crippen molar-refractivity contribution in [2.75, 3.05) is 12.0 Å². The molecule has 0 radical (unpaired) electrons. The molecule has 0 aromatic carbocycles. The molecule has 2 aromatic rings. The Balaban J connectivity index is 2.87. The lowest BCUT2D eigenvalue weighted by atomic mass is 10.4. The van der Waals surface area contributed by atoms with Crippen LogP contribution < -0.4 is 11.3 Å². The highest BCUT2D eigenvalue weighted by Crippen LogP contribution is 2.15. The molecule has 0 atom stereocenters. The topological polar surface area (TPSA) is 100 Å². The van der Waals surface area contributed by atoms with E-state index in [1.807, 2.05) is 6.26 Å². The fourth-order valence-corrected chi connectivity index (χ4v) is 1.41. The molecule has 0 aliphatic heterocycles. The highest BCUT2D eigenvalue weighted by molar-refractivity contribution is 7.98. The van der Waals surface area contributed by atoms with Gasteiger partial charge in [-0.05, 0) is 6.26 Å². The number of fused-ring (bicyclic) bond motifs is 1. The van der Waals surface area contributed by atoms with E-state index in [2.05, 4.69) is 20.2 Å². The van der Waals surface area contributed by atoms with E-state index in [1.165, 1.54) is 11.8 Å². The minimum Gasteiger partial charge on any atom is -0.383 e. The molecule has 0 amide bonds. The lowest BCUT2D eigenvalue weighted by Crippen LogP contribution is -2.03. The third-order valence-electron chi connectivity index (χ3n) is 1.62. The molecule has 2 heterocycles. The number of nitrogens with one attached hydrogen (secondary N) is 2. The maximum Gasteiger partial charge on any atom is 0.277 e. The van der Waals surface area contributed by atoms with Gasteiger partial charge in [0, 0.05) is 0 Å². The molecule has 68 valence electrons. The summed E-state index contributed by atoms with van der Waals surface area (Å²) in [6.07, 6.45) is 1.84. The monoisotopic (exact) mass is 197 g/mol. The van der Waals surface area contributed by atoms with Gasteiger partial charge in [0.05, 0.1) is 0 Å². The van der Waals surface area contributed by atoms with E-state index in [1.54, 1.807) is 0 Å². The zero-order valence-electron chi connectivity index (χ0n) is 6.79. The van der Waals surface area contributed by atoms with Crippen molar-refractivity contribution < 1.29 is 0 Å². The molecule has 7 heteroatoms. The highest BCUT2D eigenvalue weighted by atomic mass is 32.2. The van der Waals surface area contributed by atoms with Crippen LogP contribution in [0.1, 0.15) is 0 Å². The van der Waals surface area contributed by atoms with Gasteiger partial charge in [-0.2, -0.15) is 0 Å². The first-order chi connectivity index (χ1) is 6.22. The third-order valence-corrected chi connectivity index (χ3v) is 2.17. The largest absolute Gasteiger partial charge is 0.383 e. The van der Waals surface area contributed by atoms with E-state index in [4.69, 9.17) is 5.73 Å². The predicted molar refractivity (Wildman–Crippen MR) is 50.7 cm³/mol. The van der Waals surface area contributed by atoms with Gasteiger partial charge in [0.15, 0.2) is 10.8 Å². The van der Waals surface area contributed by atoms with Gasteiger partial charge < -0.3 is 5.73 Å². The Morgan fingerprint density at radius 3 is 2.85 bits per heavy atom. The Kier molecular flexibility index (Phi) is 1.73. The van der Waals surface area contributed by atoms with Crippen molar-refractivity contribution >= 4 is 28.6 Å². The van der Waals surface area contributed by atoms with Gasteiger partial charge in [0.1, 0.15) is 11.2 Å². The lowest BCUT2D eigenvalue weighted by molar-refractivity contribution is 0.988. The number of thioether (sulfide) groups is 1. The summed E-state index contributed by atoms with van der Waals surface area (Å²) >= 11 is 1.37. The number of anilines is 1. The lowest BCUT2D eigenvalue weighted by Gasteiger charge is -1.96. The van der Waals surface area contributed by atoms with E-state index in [-0.39, 0.29) is 11.4 Å². The van der Waals surface area contributed by atoms with E-state index in [0.717, 1.165) is 0 Å². The molecule has 0 saturated heterocycles. The molecule has 6 nitrogen and oxygen atoms in total. The number of nitrogens with two attached hydrogens (primary N) is 1. The van der Waals surface area contributed by atoms with Crippen LogP contribution in [-0.4, -0.2) is 26.4 Å². The van der Waals surface area contributed by atoms with Crippen LogP contribution in [0.5, 0.6) is 0 Å². The summed E-state index contributed by atoms with van der Waals surface area (Å²) in [5.74, 6) is 0.205. The van der Waals surface area contributed by atoms with Crippen LogP contribution in [0.4, 0.5) is 5.82 Å². The van der Waals surface area contributed by atoms with E-state index >= 15 is 0 Å². The Bertz CT molecular complexity index is 501. The molecule has 0 bridgehead atoms. The number of rotatable bonds is 1. The van der Waals surface area contributed by atoms with E-state index in [9.17, 15) is 4.79 Å². The maximum absolute atomic E-state index is 11.1. The zero-order chi connectivity index (χ0) is 9.42. The summed E-state index contributed by atoms with van der Waals surface area (Å²) in [5.41, 5.74) is 5.73. The normalized spacial score (nSPS) is 10.8. The Labute approximate surface area is 76.9 Å². The van der Waals surface area contributed by atoms with Gasteiger partial charge in [-0.3, -0.25) is 15.0 Å². The molecule has 0 aliphatic carbocycles. The minimum atomic E-state index is -0.292. The second kappa shape index (κ2) is 2.77. The number of aromatic nitrogens is 4. The molecule has 0 saturated carbocycles. The summed E-state index contributed by atoms with van der Waals surface area (Å²) < 4.78 is 0. The van der Waals surface area contributed by atoms with Crippen molar-refractivity contribution in [3.63, 3.8) is 0 Å². The van der Waals surface area contributed by atoms with Crippen LogP contribution >= 0.6 is 11.8 Å². The molecule has 0 unspecified atom stereocenters. The average molecular weight is 197 g/mol. The predicted octanol–water partition coefficient (Wildman–Crippen LogP) is -0.0497. The molecule has 0 aliphatic rings. The molecule has 4 N–H and O–H groups in total. The summed E-state index contributed by atoms with van der Waals surface area (Å²) in [4.78, 5) is 19.1. The number of nitrogens with zero attached hydrogens (tertiary/aromatic N) is 2. The number of nitrogen functional groups attached to an aromatic ring is 1. The van der Waals surface area contributed by atoms with Crippen LogP contribution in [-0.2, 0) is 0 Å². The summed E-state index contributed by atoms with van der Waals surface area (Å²) in [7, 11) is 0. The molecular weight excluding hydrogens is 190 g/mol. The van der Waals surface area contributed by atoms with Gasteiger partial charge >= 0.3 is 0 Å². The minimum absolute atomic E-state index is 0.205. The van der Waals surface area contributed by atoms with Crippen molar-refractivity contribution in [3.8, 4) is 0 Å². The SMILES string of the molecule is CSc1nc(N)c2c(=O)[nH][nH]c2n1. The summed E-state index contributed by atoms with van der Waals surface area (Å²) in [5, 5.41) is 5.88. The van der Waals surface area contributed by atoms with Crippen molar-refractivity contribution in [2.24, 2.45) is 0 Å². The fourth-order valence-electron chi connectivity index (χ4n) is 1.04. The van der Waals surface area contributed by atoms with E-state index < -0.39 is 0 Å². The van der Waals surface area contributed by atoms with Crippen molar-refractivity contribution in [3.05, 3.63) is 10.4 Å². The van der Waals surface area contributed by atoms with Gasteiger partial charge in [0.2, 0.25) is 0 Å². The zero-order valence-corrected chi connectivity index (χ0v) is 7.60. The molecule has 2 aromatic heterocycles. The van der Waals surface area contributed by atoms with Crippen LogP contribution in [0, 0.1) is 0 Å². The molecular formula is C6H7N5OS. The molecule has 0 fully saturated rings. The van der Waals surface area contributed by atoms with Crippen molar-refractivity contribution in [2.45, 2.75) is 5.16 Å². The van der Waals surface area contributed by atoms with E-state index in [0.29, 0.717) is 16.2 Å². The molecule has 0 spiro atoms. The fraction of sp³-hybridized carbons (Fsp3) is 0.167. The number of aromatic amines is 2. The number of H-pyrrole nitrogens is 2. The van der Waals surface area contributed by atoms with Crippen LogP contribution in [0.25, 0.3) is 11.0 Å². The third kappa shape index (κ3) is 1.17. The van der Waals surface area contributed by atoms with Crippen LogP contribution in [0.2, 0.25) is 0 Å². The highest BCUT2D eigenvalue weighted by Gasteiger charge is 2.09. The van der Waals surface area contributed by atoms with Gasteiger partial charge in [-0.1, -0.05) is 11.8 Å². The Morgan fingerprint density at radius 2 is 2.15 bits per heavy atom. The quantitative estimate of drug-likeness (QED) is 0.439. The van der Waals surface area contributed by atoms with Crippen LogP contribution in [0.15, 0.2) is 9.95 Å². The molecule has 13 heavy (non-hydrogen) atoms.